The molecule has 0 atom stereocenters. The van der Waals surface area contributed by atoms with Gasteiger partial charge in [0.1, 0.15) is 0 Å². The summed E-state index contributed by atoms with van der Waals surface area (Å²) < 4.78 is -1.43. The molecule has 0 amide bonds. The van der Waals surface area contributed by atoms with Crippen LogP contribution in [0, 0.1) is 0 Å². The van der Waals surface area contributed by atoms with Gasteiger partial charge in [-0.25, -0.2) is 0 Å². The van der Waals surface area contributed by atoms with Crippen LogP contribution in [-0.2, 0) is 0 Å². The van der Waals surface area contributed by atoms with E-state index < -0.39 is 14.1 Å². The fraction of sp³-hybridized carbons (Fsp3) is 0. The monoisotopic (exact) mass is 430 g/mol. The molecule has 1 aromatic rings. The van der Waals surface area contributed by atoms with E-state index in [0.29, 0.717) is 0 Å². The number of rotatable bonds is 3. The molecule has 0 N–H and O–H groups in total. The van der Waals surface area contributed by atoms with Gasteiger partial charge < -0.3 is 0 Å². The summed E-state index contributed by atoms with van der Waals surface area (Å²) in [5, 5.41) is 0.00116. The molecule has 3 nitrogen and oxygen atoms in total. The molecule has 0 radical (unpaired) electrons. The van der Waals surface area contributed by atoms with Crippen molar-refractivity contribution in [1.82, 2.24) is 0 Å². The molecule has 0 saturated heterocycles. The fourth-order valence-corrected chi connectivity index (χ4v) is 2.39. The molecule has 0 heterocycles. The topological polar surface area (TPSA) is 51.2 Å². The molecule has 0 saturated carbocycles. The SMILES string of the molecule is O=C(Br)c1cc(C(=O)Br)c(Cl)c(C(=O)Br)c1. The van der Waals surface area contributed by atoms with Crippen LogP contribution < -0.4 is 0 Å². The second-order valence-corrected chi connectivity index (χ2v) is 5.25. The van der Waals surface area contributed by atoms with Gasteiger partial charge in [0.15, 0.2) is 0 Å². The first-order valence-corrected chi connectivity index (χ1v) is 6.53. The maximum Gasteiger partial charge on any atom is 0.229 e. The first-order valence-electron chi connectivity index (χ1n) is 3.77. The van der Waals surface area contributed by atoms with Gasteiger partial charge in [0.25, 0.3) is 0 Å². The van der Waals surface area contributed by atoms with Crippen LogP contribution in [0.4, 0.5) is 0 Å². The first-order chi connectivity index (χ1) is 7.34. The van der Waals surface area contributed by atoms with Crippen LogP contribution in [0.3, 0.4) is 0 Å². The van der Waals surface area contributed by atoms with E-state index in [0.717, 1.165) is 0 Å². The molecule has 0 aromatic heterocycles. The van der Waals surface area contributed by atoms with Gasteiger partial charge in [0, 0.05) is 16.7 Å². The molecule has 84 valence electrons. The highest BCUT2D eigenvalue weighted by molar-refractivity contribution is 9.19. The number of halogens is 4. The quantitative estimate of drug-likeness (QED) is 0.679. The zero-order valence-corrected chi connectivity index (χ0v) is 12.9. The van der Waals surface area contributed by atoms with Crippen molar-refractivity contribution >= 4 is 73.5 Å². The van der Waals surface area contributed by atoms with Gasteiger partial charge in [0.05, 0.1) is 5.02 Å². The number of benzene rings is 1. The minimum Gasteiger partial charge on any atom is -0.281 e. The second-order valence-electron chi connectivity index (χ2n) is 2.71. The van der Waals surface area contributed by atoms with E-state index in [1.807, 2.05) is 0 Å². The molecule has 0 aliphatic carbocycles. The first kappa shape index (κ1) is 14.0. The summed E-state index contributed by atoms with van der Waals surface area (Å²) in [4.78, 5) is 33.5. The number of hydrogen-bond acceptors (Lipinski definition) is 3. The van der Waals surface area contributed by atoms with E-state index in [-0.39, 0.29) is 21.7 Å². The molecular formula is C9H2Br3ClO3. The normalized spacial score (nSPS) is 10.0. The van der Waals surface area contributed by atoms with Crippen molar-refractivity contribution in [1.29, 1.82) is 0 Å². The molecule has 1 rings (SSSR count). The molecule has 0 fully saturated rings. The fourth-order valence-electron chi connectivity index (χ4n) is 1.02. The van der Waals surface area contributed by atoms with E-state index >= 15 is 0 Å². The second kappa shape index (κ2) is 5.53. The minimum absolute atomic E-state index is 0.00116. The molecule has 0 bridgehead atoms. The zero-order valence-electron chi connectivity index (χ0n) is 7.39. The molecule has 0 unspecified atom stereocenters. The van der Waals surface area contributed by atoms with Crippen LogP contribution in [-0.4, -0.2) is 14.1 Å². The molecule has 1 aromatic carbocycles. The lowest BCUT2D eigenvalue weighted by molar-refractivity contribution is 0.109. The number of hydrogen-bond donors (Lipinski definition) is 0. The Bertz CT molecular complexity index is 464. The Hall–Kier alpha value is -0.0400. The van der Waals surface area contributed by atoms with Crippen LogP contribution in [0.2, 0.25) is 5.02 Å². The molecule has 0 aliphatic heterocycles. The van der Waals surface area contributed by atoms with Crippen LogP contribution in [0.5, 0.6) is 0 Å². The number of carbonyl (C=O) groups is 3. The van der Waals surface area contributed by atoms with E-state index in [4.69, 9.17) is 11.6 Å². The summed E-state index contributed by atoms with van der Waals surface area (Å²) in [6.07, 6.45) is 0. The molecular weight excluding hydrogens is 431 g/mol. The third kappa shape index (κ3) is 3.00. The summed E-state index contributed by atoms with van der Waals surface area (Å²) in [6.45, 7) is 0. The highest BCUT2D eigenvalue weighted by Crippen LogP contribution is 2.27. The average molecular weight is 433 g/mol. The van der Waals surface area contributed by atoms with Crippen LogP contribution in [0.1, 0.15) is 31.1 Å². The van der Waals surface area contributed by atoms with Crippen molar-refractivity contribution in [2.24, 2.45) is 0 Å². The third-order valence-electron chi connectivity index (χ3n) is 1.72. The van der Waals surface area contributed by atoms with Gasteiger partial charge in [0.2, 0.25) is 14.1 Å². The highest BCUT2D eigenvalue weighted by Gasteiger charge is 2.18. The van der Waals surface area contributed by atoms with E-state index in [1.54, 1.807) is 0 Å². The Morgan fingerprint density at radius 3 is 1.50 bits per heavy atom. The summed E-state index contributed by atoms with van der Waals surface area (Å²) in [5.41, 5.74) is 0.305. The molecule has 0 aliphatic rings. The van der Waals surface area contributed by atoms with Gasteiger partial charge in [-0.2, -0.15) is 0 Å². The Labute approximate surface area is 121 Å². The zero-order chi connectivity index (χ0) is 12.5. The van der Waals surface area contributed by atoms with Gasteiger partial charge in [-0.05, 0) is 59.9 Å². The maximum absolute atomic E-state index is 11.2. The van der Waals surface area contributed by atoms with Crippen molar-refractivity contribution in [3.05, 3.63) is 33.8 Å². The van der Waals surface area contributed by atoms with Crippen molar-refractivity contribution in [3.63, 3.8) is 0 Å². The Morgan fingerprint density at radius 1 is 0.875 bits per heavy atom. The van der Waals surface area contributed by atoms with Gasteiger partial charge in [-0.3, -0.25) is 14.4 Å². The van der Waals surface area contributed by atoms with E-state index in [1.165, 1.54) is 12.1 Å². The summed E-state index contributed by atoms with van der Waals surface area (Å²) in [7, 11) is 0. The number of carbonyl (C=O) groups excluding carboxylic acids is 3. The Morgan fingerprint density at radius 2 is 1.25 bits per heavy atom. The summed E-state index contributed by atoms with van der Waals surface area (Å²) >= 11 is 14.0. The van der Waals surface area contributed by atoms with Gasteiger partial charge in [-0.15, -0.1) is 0 Å². The molecule has 16 heavy (non-hydrogen) atoms. The van der Waals surface area contributed by atoms with Crippen LogP contribution in [0.25, 0.3) is 0 Å². The molecule has 7 heteroatoms. The largest absolute Gasteiger partial charge is 0.281 e. The van der Waals surface area contributed by atoms with Crippen molar-refractivity contribution in [3.8, 4) is 0 Å². The van der Waals surface area contributed by atoms with Crippen molar-refractivity contribution in [2.75, 3.05) is 0 Å². The van der Waals surface area contributed by atoms with E-state index in [2.05, 4.69) is 47.8 Å². The Kier molecular flexibility index (Phi) is 4.85. The third-order valence-corrected chi connectivity index (χ3v) is 3.44. The van der Waals surface area contributed by atoms with Crippen LogP contribution >= 0.6 is 59.4 Å². The lowest BCUT2D eigenvalue weighted by Crippen LogP contribution is -2.02. The lowest BCUT2D eigenvalue weighted by Gasteiger charge is -2.05. The average Bonchev–Trinajstić information content (AvgIpc) is 2.16. The minimum atomic E-state index is -0.497. The van der Waals surface area contributed by atoms with Crippen molar-refractivity contribution < 1.29 is 14.4 Å². The van der Waals surface area contributed by atoms with Crippen molar-refractivity contribution in [2.45, 2.75) is 0 Å². The maximum atomic E-state index is 11.2. The lowest BCUT2D eigenvalue weighted by atomic mass is 10.1. The highest BCUT2D eigenvalue weighted by atomic mass is 79.9. The van der Waals surface area contributed by atoms with E-state index in [9.17, 15) is 14.4 Å². The summed E-state index contributed by atoms with van der Waals surface area (Å²) in [6, 6.07) is 2.60. The summed E-state index contributed by atoms with van der Waals surface area (Å²) in [5.74, 6) is 0. The predicted molar refractivity (Wildman–Crippen MR) is 71.2 cm³/mol. The molecule has 0 spiro atoms. The predicted octanol–water partition coefficient (Wildman–Crippen LogP) is 3.95. The standard InChI is InChI=1S/C9H2Br3ClO3/c10-7(14)3-1-4(8(11)15)6(13)5(2-3)9(12)16/h1-2H. The van der Waals surface area contributed by atoms with Gasteiger partial charge >= 0.3 is 0 Å². The van der Waals surface area contributed by atoms with Gasteiger partial charge in [-0.1, -0.05) is 11.6 Å². The van der Waals surface area contributed by atoms with Crippen LogP contribution in [0.15, 0.2) is 12.1 Å². The smallest absolute Gasteiger partial charge is 0.229 e. The Balaban J connectivity index is 3.57.